The van der Waals surface area contributed by atoms with E-state index in [0.29, 0.717) is 0 Å². The minimum atomic E-state index is -0.604. The number of halogens is 2. The Morgan fingerprint density at radius 3 is 2.67 bits per heavy atom. The van der Waals surface area contributed by atoms with E-state index in [1.807, 2.05) is 0 Å². The lowest BCUT2D eigenvalue weighted by molar-refractivity contribution is -0.0970. The lowest BCUT2D eigenvalue weighted by atomic mass is 10.3. The normalized spacial score (nSPS) is 10.5. The number of para-hydroxylation sites is 1. The molecule has 1 aromatic carbocycles. The minimum Gasteiger partial charge on any atom is -0.354 e. The minimum absolute atomic E-state index is 0.0666. The second-order valence-corrected chi connectivity index (χ2v) is 3.74. The second kappa shape index (κ2) is 7.15. The predicted octanol–water partition coefficient (Wildman–Crippen LogP) is 2.22. The van der Waals surface area contributed by atoms with Gasteiger partial charge in [-0.2, -0.15) is 0 Å². The zero-order chi connectivity index (χ0) is 13.5. The SMILES string of the molecule is COC(CNC(=O)Nc1c(F)cccc1Cl)OC. The first-order valence-corrected chi connectivity index (χ1v) is 5.50. The topological polar surface area (TPSA) is 59.6 Å². The molecule has 0 radical (unpaired) electrons. The highest BCUT2D eigenvalue weighted by molar-refractivity contribution is 6.33. The monoisotopic (exact) mass is 276 g/mol. The summed E-state index contributed by atoms with van der Waals surface area (Å²) in [7, 11) is 2.89. The predicted molar refractivity (Wildman–Crippen MR) is 66.2 cm³/mol. The highest BCUT2D eigenvalue weighted by Crippen LogP contribution is 2.24. The average molecular weight is 277 g/mol. The summed E-state index contributed by atoms with van der Waals surface area (Å²) in [6, 6.07) is 3.54. The Morgan fingerprint density at radius 1 is 1.44 bits per heavy atom. The van der Waals surface area contributed by atoms with E-state index in [2.05, 4.69) is 10.6 Å². The summed E-state index contributed by atoms with van der Waals surface area (Å²) in [4.78, 5) is 11.5. The Morgan fingerprint density at radius 2 is 2.11 bits per heavy atom. The van der Waals surface area contributed by atoms with Gasteiger partial charge in [-0.3, -0.25) is 0 Å². The highest BCUT2D eigenvalue weighted by Gasteiger charge is 2.12. The van der Waals surface area contributed by atoms with Crippen LogP contribution in [0, 0.1) is 5.82 Å². The van der Waals surface area contributed by atoms with E-state index in [1.54, 1.807) is 0 Å². The van der Waals surface area contributed by atoms with Crippen molar-refractivity contribution in [1.29, 1.82) is 0 Å². The van der Waals surface area contributed by atoms with E-state index < -0.39 is 18.1 Å². The molecule has 1 rings (SSSR count). The molecule has 2 amide bonds. The lowest BCUT2D eigenvalue weighted by Crippen LogP contribution is -2.37. The van der Waals surface area contributed by atoms with Gasteiger partial charge in [0.2, 0.25) is 0 Å². The number of nitrogens with one attached hydrogen (secondary N) is 2. The molecular formula is C11H14ClFN2O3. The van der Waals surface area contributed by atoms with E-state index >= 15 is 0 Å². The van der Waals surface area contributed by atoms with E-state index in [1.165, 1.54) is 32.4 Å². The first kappa shape index (κ1) is 14.7. The number of hydrogen-bond acceptors (Lipinski definition) is 3. The number of amides is 2. The summed E-state index contributed by atoms with van der Waals surface area (Å²) in [5, 5.41) is 4.90. The molecule has 0 aromatic heterocycles. The van der Waals surface area contributed by atoms with Crippen LogP contribution in [0.15, 0.2) is 18.2 Å². The average Bonchev–Trinajstić information content (AvgIpc) is 2.35. The summed E-state index contributed by atoms with van der Waals surface area (Å²) < 4.78 is 23.1. The molecule has 0 saturated heterocycles. The van der Waals surface area contributed by atoms with Gasteiger partial charge < -0.3 is 20.1 Å². The van der Waals surface area contributed by atoms with Crippen LogP contribution in [0.25, 0.3) is 0 Å². The van der Waals surface area contributed by atoms with Crippen molar-refractivity contribution >= 4 is 23.3 Å². The standard InChI is InChI=1S/C11H14ClFN2O3/c1-17-9(18-2)6-14-11(16)15-10-7(12)4-3-5-8(10)13/h3-5,9H,6H2,1-2H3,(H2,14,15,16). The quantitative estimate of drug-likeness (QED) is 0.811. The first-order valence-electron chi connectivity index (χ1n) is 5.13. The van der Waals surface area contributed by atoms with Crippen molar-refractivity contribution < 1.29 is 18.7 Å². The molecule has 0 heterocycles. The zero-order valence-corrected chi connectivity index (χ0v) is 10.8. The third kappa shape index (κ3) is 4.14. The molecule has 7 heteroatoms. The van der Waals surface area contributed by atoms with Gasteiger partial charge in [0.05, 0.1) is 17.3 Å². The van der Waals surface area contributed by atoms with E-state index in [0.717, 1.165) is 0 Å². The Hall–Kier alpha value is -1.37. The van der Waals surface area contributed by atoms with Gasteiger partial charge in [0.1, 0.15) is 5.82 Å². The Balaban J connectivity index is 2.55. The molecule has 1 aromatic rings. The zero-order valence-electron chi connectivity index (χ0n) is 10.00. The number of anilines is 1. The summed E-state index contributed by atoms with van der Waals surface area (Å²) in [6.07, 6.45) is -0.563. The number of methoxy groups -OCH3 is 2. The number of ether oxygens (including phenoxy) is 2. The van der Waals surface area contributed by atoms with Gasteiger partial charge in [-0.05, 0) is 12.1 Å². The molecule has 18 heavy (non-hydrogen) atoms. The molecule has 0 saturated carbocycles. The lowest BCUT2D eigenvalue weighted by Gasteiger charge is -2.15. The molecule has 0 bridgehead atoms. The molecule has 0 atom stereocenters. The van der Waals surface area contributed by atoms with Crippen LogP contribution in [0.3, 0.4) is 0 Å². The van der Waals surface area contributed by atoms with Gasteiger partial charge in [-0.15, -0.1) is 0 Å². The van der Waals surface area contributed by atoms with Crippen LogP contribution in [-0.4, -0.2) is 33.1 Å². The molecule has 100 valence electrons. The summed E-state index contributed by atoms with van der Waals surface area (Å²) in [5.74, 6) is -0.604. The molecule has 2 N–H and O–H groups in total. The molecule has 0 aliphatic rings. The van der Waals surface area contributed by atoms with Crippen molar-refractivity contribution in [3.63, 3.8) is 0 Å². The number of carbonyl (C=O) groups excluding carboxylic acids is 1. The maximum Gasteiger partial charge on any atom is 0.319 e. The molecule has 0 fully saturated rings. The number of carbonyl (C=O) groups is 1. The third-order valence-corrected chi connectivity index (χ3v) is 2.47. The van der Waals surface area contributed by atoms with Crippen molar-refractivity contribution in [2.24, 2.45) is 0 Å². The maximum absolute atomic E-state index is 13.4. The highest BCUT2D eigenvalue weighted by atomic mass is 35.5. The summed E-state index contributed by atoms with van der Waals surface area (Å²) >= 11 is 5.76. The summed E-state index contributed by atoms with van der Waals surface area (Å²) in [5.41, 5.74) is -0.0666. The van der Waals surface area contributed by atoms with E-state index in [9.17, 15) is 9.18 Å². The number of benzene rings is 1. The van der Waals surface area contributed by atoms with Gasteiger partial charge >= 0.3 is 6.03 Å². The van der Waals surface area contributed by atoms with Crippen molar-refractivity contribution in [2.45, 2.75) is 6.29 Å². The fourth-order valence-electron chi connectivity index (χ4n) is 1.21. The molecule has 0 aliphatic heterocycles. The van der Waals surface area contributed by atoms with Crippen molar-refractivity contribution in [2.75, 3.05) is 26.1 Å². The van der Waals surface area contributed by atoms with Gasteiger partial charge in [0.25, 0.3) is 0 Å². The van der Waals surface area contributed by atoms with Gasteiger partial charge in [-0.25, -0.2) is 9.18 Å². The molecule has 0 spiro atoms. The van der Waals surface area contributed by atoms with Gasteiger partial charge in [-0.1, -0.05) is 17.7 Å². The smallest absolute Gasteiger partial charge is 0.319 e. The van der Waals surface area contributed by atoms with Crippen LogP contribution in [0.4, 0.5) is 14.9 Å². The van der Waals surface area contributed by atoms with Crippen LogP contribution in [0.1, 0.15) is 0 Å². The fraction of sp³-hybridized carbons (Fsp3) is 0.364. The Labute approximate surface area is 109 Å². The Kier molecular flexibility index (Phi) is 5.84. The van der Waals surface area contributed by atoms with Crippen LogP contribution >= 0.6 is 11.6 Å². The van der Waals surface area contributed by atoms with Crippen molar-refractivity contribution in [1.82, 2.24) is 5.32 Å². The largest absolute Gasteiger partial charge is 0.354 e. The Bertz CT molecular complexity index is 393. The third-order valence-electron chi connectivity index (χ3n) is 2.16. The van der Waals surface area contributed by atoms with Gasteiger partial charge in [0.15, 0.2) is 6.29 Å². The van der Waals surface area contributed by atoms with E-state index in [4.69, 9.17) is 21.1 Å². The number of urea groups is 1. The summed E-state index contributed by atoms with van der Waals surface area (Å²) in [6.45, 7) is 0.130. The van der Waals surface area contributed by atoms with E-state index in [-0.39, 0.29) is 17.3 Å². The van der Waals surface area contributed by atoms with Crippen LogP contribution < -0.4 is 10.6 Å². The molecular weight excluding hydrogens is 263 g/mol. The number of hydrogen-bond donors (Lipinski definition) is 2. The molecule has 0 aliphatic carbocycles. The fourth-order valence-corrected chi connectivity index (χ4v) is 1.42. The van der Waals surface area contributed by atoms with Crippen LogP contribution in [0.5, 0.6) is 0 Å². The van der Waals surface area contributed by atoms with Crippen molar-refractivity contribution in [3.8, 4) is 0 Å². The van der Waals surface area contributed by atoms with Crippen LogP contribution in [0.2, 0.25) is 5.02 Å². The second-order valence-electron chi connectivity index (χ2n) is 3.33. The van der Waals surface area contributed by atoms with Crippen molar-refractivity contribution in [3.05, 3.63) is 29.0 Å². The molecule has 5 nitrogen and oxygen atoms in total. The first-order chi connectivity index (χ1) is 8.58. The maximum atomic E-state index is 13.4. The van der Waals surface area contributed by atoms with Gasteiger partial charge in [0, 0.05) is 14.2 Å². The number of rotatable bonds is 5. The van der Waals surface area contributed by atoms with Crippen LogP contribution in [-0.2, 0) is 9.47 Å². The molecule has 0 unspecified atom stereocenters.